The molecule has 1 rings (SSSR count). The van der Waals surface area contributed by atoms with Gasteiger partial charge in [0.25, 0.3) is 0 Å². The fourth-order valence-corrected chi connectivity index (χ4v) is 1.59. The molecule has 1 aliphatic heterocycles. The molecule has 0 N–H and O–H groups in total. The maximum absolute atomic E-state index is 5.73. The zero-order chi connectivity index (χ0) is 12.2. The third-order valence-electron chi connectivity index (χ3n) is 2.38. The van der Waals surface area contributed by atoms with Gasteiger partial charge in [-0.15, -0.1) is 0 Å². The third-order valence-corrected chi connectivity index (χ3v) is 2.38. The highest BCUT2D eigenvalue weighted by Crippen LogP contribution is 2.22. The van der Waals surface area contributed by atoms with Crippen molar-refractivity contribution in [3.63, 3.8) is 0 Å². The Labute approximate surface area is 98.1 Å². The Balaban J connectivity index is 2.36. The van der Waals surface area contributed by atoms with E-state index in [0.717, 1.165) is 5.57 Å². The van der Waals surface area contributed by atoms with Gasteiger partial charge in [0.2, 0.25) is 0 Å². The molecule has 3 heteroatoms. The first-order chi connectivity index (χ1) is 7.44. The van der Waals surface area contributed by atoms with Crippen molar-refractivity contribution in [3.8, 4) is 0 Å². The molecule has 2 unspecified atom stereocenters. The Bertz CT molecular complexity index is 268. The molecule has 1 aliphatic rings. The molecule has 0 aromatic heterocycles. The predicted molar refractivity (Wildman–Crippen MR) is 64.3 cm³/mol. The summed E-state index contributed by atoms with van der Waals surface area (Å²) in [5, 5.41) is 0. The summed E-state index contributed by atoms with van der Waals surface area (Å²) in [5.41, 5.74) is 0.997. The van der Waals surface area contributed by atoms with Crippen LogP contribution < -0.4 is 0 Å². The summed E-state index contributed by atoms with van der Waals surface area (Å²) >= 11 is 0. The van der Waals surface area contributed by atoms with E-state index in [0.29, 0.717) is 13.2 Å². The second-order valence-electron chi connectivity index (χ2n) is 4.58. The van der Waals surface area contributed by atoms with Crippen molar-refractivity contribution in [3.05, 3.63) is 24.3 Å². The first-order valence-electron chi connectivity index (χ1n) is 5.66. The third kappa shape index (κ3) is 4.08. The Morgan fingerprint density at radius 1 is 1.62 bits per heavy atom. The molecule has 1 saturated heterocycles. The van der Waals surface area contributed by atoms with Crippen molar-refractivity contribution in [1.29, 1.82) is 0 Å². The lowest BCUT2D eigenvalue weighted by atomic mass is 10.2. The average Bonchev–Trinajstić information content (AvgIpc) is 2.52. The average molecular weight is 226 g/mol. The van der Waals surface area contributed by atoms with E-state index in [4.69, 9.17) is 14.2 Å². The quantitative estimate of drug-likeness (QED) is 0.675. The van der Waals surface area contributed by atoms with Crippen molar-refractivity contribution in [1.82, 2.24) is 0 Å². The van der Waals surface area contributed by atoms with Gasteiger partial charge >= 0.3 is 0 Å². The zero-order valence-electron chi connectivity index (χ0n) is 10.7. The molecular weight excluding hydrogens is 204 g/mol. The van der Waals surface area contributed by atoms with Gasteiger partial charge < -0.3 is 14.2 Å². The van der Waals surface area contributed by atoms with E-state index in [-0.39, 0.29) is 12.2 Å². The molecule has 0 bridgehead atoms. The van der Waals surface area contributed by atoms with Gasteiger partial charge in [0.1, 0.15) is 6.10 Å². The molecule has 0 aromatic carbocycles. The second kappa shape index (κ2) is 5.62. The number of hydrogen-bond donors (Lipinski definition) is 0. The van der Waals surface area contributed by atoms with Crippen molar-refractivity contribution in [2.75, 3.05) is 13.2 Å². The predicted octanol–water partition coefficient (Wildman–Crippen LogP) is 2.68. The molecule has 0 saturated carbocycles. The second-order valence-corrected chi connectivity index (χ2v) is 4.58. The Kier molecular flexibility index (Phi) is 4.71. The first kappa shape index (κ1) is 13.4. The van der Waals surface area contributed by atoms with Crippen LogP contribution in [0.3, 0.4) is 0 Å². The molecule has 0 spiro atoms. The van der Waals surface area contributed by atoms with Crippen molar-refractivity contribution in [2.45, 2.75) is 45.7 Å². The van der Waals surface area contributed by atoms with Crippen molar-refractivity contribution in [2.24, 2.45) is 0 Å². The summed E-state index contributed by atoms with van der Waals surface area (Å²) in [6.45, 7) is 12.8. The smallest absolute Gasteiger partial charge is 0.163 e. The van der Waals surface area contributed by atoms with Gasteiger partial charge in [-0.3, -0.25) is 0 Å². The van der Waals surface area contributed by atoms with Gasteiger partial charge in [-0.2, -0.15) is 0 Å². The normalized spacial score (nSPS) is 26.1. The van der Waals surface area contributed by atoms with E-state index in [9.17, 15) is 0 Å². The SMILES string of the molecule is C=C(C)C(C=CC)OCC1COC(C)(C)O1. The first-order valence-corrected chi connectivity index (χ1v) is 5.66. The monoisotopic (exact) mass is 226 g/mol. The number of rotatable bonds is 5. The molecule has 2 atom stereocenters. The van der Waals surface area contributed by atoms with Crippen LogP contribution in [0.1, 0.15) is 27.7 Å². The van der Waals surface area contributed by atoms with Crippen molar-refractivity contribution >= 4 is 0 Å². The lowest BCUT2D eigenvalue weighted by Gasteiger charge is -2.19. The number of allylic oxidation sites excluding steroid dienone is 1. The highest BCUT2D eigenvalue weighted by atomic mass is 16.7. The summed E-state index contributed by atoms with van der Waals surface area (Å²) in [6.07, 6.45) is 3.94. The minimum Gasteiger partial charge on any atom is -0.367 e. The lowest BCUT2D eigenvalue weighted by Crippen LogP contribution is -2.26. The van der Waals surface area contributed by atoms with Crippen LogP contribution in [-0.4, -0.2) is 31.2 Å². The summed E-state index contributed by atoms with van der Waals surface area (Å²) in [4.78, 5) is 0. The van der Waals surface area contributed by atoms with Crippen LogP contribution in [0.25, 0.3) is 0 Å². The molecule has 0 amide bonds. The molecule has 0 radical (unpaired) electrons. The largest absolute Gasteiger partial charge is 0.367 e. The van der Waals surface area contributed by atoms with Gasteiger partial charge in [-0.05, 0) is 33.3 Å². The highest BCUT2D eigenvalue weighted by molar-refractivity contribution is 5.08. The molecule has 0 aliphatic carbocycles. The van der Waals surface area contributed by atoms with Crippen LogP contribution >= 0.6 is 0 Å². The van der Waals surface area contributed by atoms with Gasteiger partial charge in [-0.25, -0.2) is 0 Å². The van der Waals surface area contributed by atoms with E-state index < -0.39 is 5.79 Å². The van der Waals surface area contributed by atoms with Crippen molar-refractivity contribution < 1.29 is 14.2 Å². The summed E-state index contributed by atoms with van der Waals surface area (Å²) in [6, 6.07) is 0. The lowest BCUT2D eigenvalue weighted by molar-refractivity contribution is -0.145. The van der Waals surface area contributed by atoms with Gasteiger partial charge in [0, 0.05) is 0 Å². The molecule has 16 heavy (non-hydrogen) atoms. The van der Waals surface area contributed by atoms with Crippen LogP contribution in [0.15, 0.2) is 24.3 Å². The van der Waals surface area contributed by atoms with E-state index >= 15 is 0 Å². The van der Waals surface area contributed by atoms with Gasteiger partial charge in [-0.1, -0.05) is 18.7 Å². The Morgan fingerprint density at radius 3 is 2.75 bits per heavy atom. The van der Waals surface area contributed by atoms with E-state index in [1.807, 2.05) is 39.8 Å². The minimum absolute atomic E-state index is 0.0158. The molecule has 1 fully saturated rings. The van der Waals surface area contributed by atoms with Crippen LogP contribution in [0.5, 0.6) is 0 Å². The topological polar surface area (TPSA) is 27.7 Å². The van der Waals surface area contributed by atoms with Gasteiger partial charge in [0.05, 0.1) is 19.3 Å². The molecular formula is C13H22O3. The van der Waals surface area contributed by atoms with Crippen LogP contribution in [0, 0.1) is 0 Å². The molecule has 3 nitrogen and oxygen atoms in total. The zero-order valence-corrected chi connectivity index (χ0v) is 10.7. The Morgan fingerprint density at radius 2 is 2.31 bits per heavy atom. The van der Waals surface area contributed by atoms with E-state index in [2.05, 4.69) is 6.58 Å². The molecule has 92 valence electrons. The summed E-state index contributed by atoms with van der Waals surface area (Å²) in [5.74, 6) is -0.479. The maximum Gasteiger partial charge on any atom is 0.163 e. The summed E-state index contributed by atoms with van der Waals surface area (Å²) in [7, 11) is 0. The van der Waals surface area contributed by atoms with Crippen LogP contribution in [0.2, 0.25) is 0 Å². The standard InChI is InChI=1S/C13H22O3/c1-6-7-12(10(2)3)14-8-11-9-15-13(4,5)16-11/h6-7,11-12H,2,8-9H2,1,3-5H3. The van der Waals surface area contributed by atoms with E-state index in [1.54, 1.807) is 0 Å². The molecule has 0 aromatic rings. The van der Waals surface area contributed by atoms with Crippen LogP contribution in [0.4, 0.5) is 0 Å². The fourth-order valence-electron chi connectivity index (χ4n) is 1.59. The van der Waals surface area contributed by atoms with Crippen LogP contribution in [-0.2, 0) is 14.2 Å². The summed E-state index contributed by atoms with van der Waals surface area (Å²) < 4.78 is 16.8. The van der Waals surface area contributed by atoms with E-state index in [1.165, 1.54) is 0 Å². The number of hydrogen-bond acceptors (Lipinski definition) is 3. The highest BCUT2D eigenvalue weighted by Gasteiger charge is 2.32. The Hall–Kier alpha value is -0.640. The number of ether oxygens (including phenoxy) is 3. The van der Waals surface area contributed by atoms with Gasteiger partial charge in [0.15, 0.2) is 5.79 Å². The fraction of sp³-hybridized carbons (Fsp3) is 0.692. The molecule has 1 heterocycles. The maximum atomic E-state index is 5.73. The minimum atomic E-state index is -0.479.